The second-order valence-electron chi connectivity index (χ2n) is 2.97. The van der Waals surface area contributed by atoms with Gasteiger partial charge in [0.05, 0.1) is 24.1 Å². The number of hydrogen-bond acceptors (Lipinski definition) is 4. The lowest BCUT2D eigenvalue weighted by molar-refractivity contribution is -0.0757. The first-order chi connectivity index (χ1) is 6.56. The van der Waals surface area contributed by atoms with Crippen molar-refractivity contribution in [2.75, 3.05) is 14.2 Å². The summed E-state index contributed by atoms with van der Waals surface area (Å²) in [6.07, 6.45) is 0. The highest BCUT2D eigenvalue weighted by molar-refractivity contribution is 5.94. The molecule has 1 aromatic heterocycles. The molecule has 0 atom stereocenters. The van der Waals surface area contributed by atoms with Gasteiger partial charge in [0.1, 0.15) is 0 Å². The van der Waals surface area contributed by atoms with E-state index >= 15 is 0 Å². The number of aromatic nitrogens is 2. The second-order valence-corrected chi connectivity index (χ2v) is 2.97. The second kappa shape index (κ2) is 4.15. The van der Waals surface area contributed by atoms with Crippen LogP contribution in [0.25, 0.3) is 0 Å². The molecule has 1 aromatic rings. The number of carbonyl (C=O) groups excluding carboxylic acids is 1. The van der Waals surface area contributed by atoms with Gasteiger partial charge in [0.25, 0.3) is 5.91 Å². The van der Waals surface area contributed by atoms with Crippen LogP contribution in [0, 0.1) is 13.8 Å². The summed E-state index contributed by atoms with van der Waals surface area (Å²) in [5.74, 6) is -0.219. The van der Waals surface area contributed by atoms with Gasteiger partial charge in [-0.05, 0) is 19.9 Å². The van der Waals surface area contributed by atoms with Gasteiger partial charge < -0.3 is 0 Å². The number of rotatable bonds is 2. The van der Waals surface area contributed by atoms with E-state index in [1.54, 1.807) is 27.0 Å². The van der Waals surface area contributed by atoms with E-state index < -0.39 is 0 Å². The largest absolute Gasteiger partial charge is 0.279 e. The van der Waals surface area contributed by atoms with Gasteiger partial charge in [-0.2, -0.15) is 10.2 Å². The topological polar surface area (TPSA) is 55.3 Å². The fraction of sp³-hybridized carbons (Fsp3) is 0.444. The monoisotopic (exact) mass is 195 g/mol. The molecule has 0 saturated carbocycles. The van der Waals surface area contributed by atoms with E-state index in [-0.39, 0.29) is 5.91 Å². The van der Waals surface area contributed by atoms with Crippen LogP contribution in [0.5, 0.6) is 0 Å². The summed E-state index contributed by atoms with van der Waals surface area (Å²) in [4.78, 5) is 16.5. The standard InChI is InChI=1S/C9H13N3O2/c1-6-5-8(7(2)11-10-6)9(13)12(3)14-4/h5H,1-4H3. The number of amides is 1. The van der Waals surface area contributed by atoms with Crippen molar-refractivity contribution in [2.45, 2.75) is 13.8 Å². The lowest BCUT2D eigenvalue weighted by atomic mass is 10.2. The first kappa shape index (κ1) is 10.6. The van der Waals surface area contributed by atoms with Crippen LogP contribution in [0.1, 0.15) is 21.7 Å². The molecule has 0 unspecified atom stereocenters. The maximum absolute atomic E-state index is 11.7. The van der Waals surface area contributed by atoms with Crippen LogP contribution in [0.3, 0.4) is 0 Å². The molecule has 0 aliphatic heterocycles. The summed E-state index contributed by atoms with van der Waals surface area (Å²) in [7, 11) is 2.99. The first-order valence-electron chi connectivity index (χ1n) is 4.19. The number of nitrogens with zero attached hydrogens (tertiary/aromatic N) is 3. The van der Waals surface area contributed by atoms with E-state index in [4.69, 9.17) is 4.84 Å². The molecule has 0 radical (unpaired) electrons. The predicted molar refractivity (Wildman–Crippen MR) is 50.6 cm³/mol. The zero-order chi connectivity index (χ0) is 10.7. The van der Waals surface area contributed by atoms with Crippen LogP contribution < -0.4 is 0 Å². The third-order valence-electron chi connectivity index (χ3n) is 1.89. The molecule has 1 amide bonds. The highest BCUT2D eigenvalue weighted by Gasteiger charge is 2.15. The minimum Gasteiger partial charge on any atom is -0.274 e. The van der Waals surface area contributed by atoms with Crippen molar-refractivity contribution < 1.29 is 9.63 Å². The van der Waals surface area contributed by atoms with Crippen molar-refractivity contribution >= 4 is 5.91 Å². The highest BCUT2D eigenvalue weighted by atomic mass is 16.7. The smallest absolute Gasteiger partial charge is 0.274 e. The number of carbonyl (C=O) groups is 1. The Balaban J connectivity index is 3.06. The molecule has 0 N–H and O–H groups in total. The summed E-state index contributed by atoms with van der Waals surface area (Å²) in [5, 5.41) is 8.86. The zero-order valence-corrected chi connectivity index (χ0v) is 8.74. The molecule has 0 spiro atoms. The molecule has 14 heavy (non-hydrogen) atoms. The normalized spacial score (nSPS) is 10.0. The molecular weight excluding hydrogens is 182 g/mol. The van der Waals surface area contributed by atoms with E-state index in [1.807, 2.05) is 0 Å². The maximum atomic E-state index is 11.7. The molecule has 1 heterocycles. The molecule has 76 valence electrons. The van der Waals surface area contributed by atoms with Crippen molar-refractivity contribution in [1.82, 2.24) is 15.3 Å². The molecule has 0 fully saturated rings. The summed E-state index contributed by atoms with van der Waals surface area (Å²) < 4.78 is 0. The van der Waals surface area contributed by atoms with Gasteiger partial charge in [-0.15, -0.1) is 0 Å². The van der Waals surface area contributed by atoms with Gasteiger partial charge in [0.2, 0.25) is 0 Å². The predicted octanol–water partition coefficient (Wildman–Crippen LogP) is 0.727. The Bertz CT molecular complexity index is 352. The average Bonchev–Trinajstić information content (AvgIpc) is 2.19. The van der Waals surface area contributed by atoms with Crippen LogP contribution in [-0.2, 0) is 4.84 Å². The molecule has 0 aliphatic carbocycles. The van der Waals surface area contributed by atoms with Crippen LogP contribution in [0.4, 0.5) is 0 Å². The number of hydroxylamine groups is 2. The molecule has 0 bridgehead atoms. The van der Waals surface area contributed by atoms with Crippen LogP contribution in [-0.4, -0.2) is 35.3 Å². The fourth-order valence-corrected chi connectivity index (χ4v) is 1.02. The van der Waals surface area contributed by atoms with E-state index in [9.17, 15) is 4.79 Å². The Labute approximate surface area is 82.7 Å². The highest BCUT2D eigenvalue weighted by Crippen LogP contribution is 2.08. The lowest BCUT2D eigenvalue weighted by Gasteiger charge is -2.14. The molecule has 5 nitrogen and oxygen atoms in total. The van der Waals surface area contributed by atoms with Crippen LogP contribution in [0.15, 0.2) is 6.07 Å². The average molecular weight is 195 g/mol. The fourth-order valence-electron chi connectivity index (χ4n) is 1.02. The Morgan fingerprint density at radius 3 is 2.64 bits per heavy atom. The first-order valence-corrected chi connectivity index (χ1v) is 4.19. The van der Waals surface area contributed by atoms with Gasteiger partial charge in [-0.1, -0.05) is 0 Å². The summed E-state index contributed by atoms with van der Waals surface area (Å²) in [6, 6.07) is 1.69. The Kier molecular flexibility index (Phi) is 3.14. The van der Waals surface area contributed by atoms with Gasteiger partial charge in [-0.25, -0.2) is 5.06 Å². The van der Waals surface area contributed by atoms with Crippen molar-refractivity contribution in [3.63, 3.8) is 0 Å². The molecular formula is C9H13N3O2. The molecule has 5 heteroatoms. The lowest BCUT2D eigenvalue weighted by Crippen LogP contribution is -2.26. The zero-order valence-electron chi connectivity index (χ0n) is 8.74. The third-order valence-corrected chi connectivity index (χ3v) is 1.89. The SMILES string of the molecule is CON(C)C(=O)c1cc(C)nnc1C. The Morgan fingerprint density at radius 1 is 1.43 bits per heavy atom. The quantitative estimate of drug-likeness (QED) is 0.653. The minimum atomic E-state index is -0.219. The van der Waals surface area contributed by atoms with Crippen molar-refractivity contribution in [3.8, 4) is 0 Å². The van der Waals surface area contributed by atoms with E-state index in [0.717, 1.165) is 5.06 Å². The van der Waals surface area contributed by atoms with E-state index in [2.05, 4.69) is 10.2 Å². The van der Waals surface area contributed by atoms with Crippen molar-refractivity contribution in [1.29, 1.82) is 0 Å². The van der Waals surface area contributed by atoms with Crippen LogP contribution >= 0.6 is 0 Å². The van der Waals surface area contributed by atoms with Crippen molar-refractivity contribution in [3.05, 3.63) is 23.0 Å². The molecule has 0 saturated heterocycles. The molecule has 1 rings (SSSR count). The summed E-state index contributed by atoms with van der Waals surface area (Å²) in [5.41, 5.74) is 1.83. The van der Waals surface area contributed by atoms with E-state index in [1.165, 1.54) is 7.11 Å². The maximum Gasteiger partial charge on any atom is 0.279 e. The minimum absolute atomic E-state index is 0.219. The Morgan fingerprint density at radius 2 is 2.07 bits per heavy atom. The van der Waals surface area contributed by atoms with E-state index in [0.29, 0.717) is 17.0 Å². The number of aryl methyl sites for hydroxylation is 2. The van der Waals surface area contributed by atoms with Gasteiger partial charge in [0.15, 0.2) is 0 Å². The van der Waals surface area contributed by atoms with Crippen LogP contribution in [0.2, 0.25) is 0 Å². The van der Waals surface area contributed by atoms with Gasteiger partial charge in [0, 0.05) is 7.05 Å². The van der Waals surface area contributed by atoms with Gasteiger partial charge in [-0.3, -0.25) is 9.63 Å². The third kappa shape index (κ3) is 2.05. The van der Waals surface area contributed by atoms with Crippen molar-refractivity contribution in [2.24, 2.45) is 0 Å². The number of hydrogen-bond donors (Lipinski definition) is 0. The summed E-state index contributed by atoms with van der Waals surface area (Å²) in [6.45, 7) is 3.53. The summed E-state index contributed by atoms with van der Waals surface area (Å²) >= 11 is 0. The molecule has 0 aromatic carbocycles. The Hall–Kier alpha value is -1.49. The molecule has 0 aliphatic rings. The van der Waals surface area contributed by atoms with Gasteiger partial charge >= 0.3 is 0 Å².